The van der Waals surface area contributed by atoms with Crippen LogP contribution >= 0.6 is 0 Å². The zero-order valence-electron chi connectivity index (χ0n) is 16.9. The molecule has 0 spiro atoms. The van der Waals surface area contributed by atoms with Crippen LogP contribution in [0.4, 0.5) is 11.4 Å². The number of ether oxygens (including phenoxy) is 1. The molecule has 152 valence electrons. The van der Waals surface area contributed by atoms with E-state index in [9.17, 15) is 9.59 Å². The van der Waals surface area contributed by atoms with Gasteiger partial charge in [0.2, 0.25) is 5.91 Å². The van der Waals surface area contributed by atoms with Gasteiger partial charge in [0.15, 0.2) is 0 Å². The fraction of sp³-hybridized carbons (Fsp3) is 0.0769. The smallest absolute Gasteiger partial charge is 0.259 e. The molecule has 0 bridgehead atoms. The second-order valence-corrected chi connectivity index (χ2v) is 7.46. The molecule has 5 heteroatoms. The Balaban J connectivity index is 1.32. The van der Waals surface area contributed by atoms with Crippen LogP contribution in [0.5, 0.6) is 11.5 Å². The van der Waals surface area contributed by atoms with Gasteiger partial charge in [0, 0.05) is 16.6 Å². The average Bonchev–Trinajstić information content (AvgIpc) is 3.09. The molecule has 1 N–H and O–H groups in total. The molecule has 0 radical (unpaired) electrons. The molecule has 4 aromatic rings. The van der Waals surface area contributed by atoms with Gasteiger partial charge in [0.25, 0.3) is 5.91 Å². The highest BCUT2D eigenvalue weighted by molar-refractivity contribution is 6.26. The maximum atomic E-state index is 13.0. The first-order chi connectivity index (χ1) is 15.1. The molecule has 4 aromatic carbocycles. The molecule has 5 rings (SSSR count). The highest BCUT2D eigenvalue weighted by Crippen LogP contribution is 2.38. The SMILES string of the molecule is CC(C(=O)Nc1ccc(Oc2ccccc2)cc1)N1C(=O)c2cccc3cccc1c23. The number of rotatable bonds is 5. The molecule has 1 aliphatic heterocycles. The van der Waals surface area contributed by atoms with Crippen molar-refractivity contribution < 1.29 is 14.3 Å². The lowest BCUT2D eigenvalue weighted by atomic mass is 10.1. The molecular weight excluding hydrogens is 388 g/mol. The van der Waals surface area contributed by atoms with E-state index in [-0.39, 0.29) is 11.8 Å². The van der Waals surface area contributed by atoms with Gasteiger partial charge >= 0.3 is 0 Å². The molecular formula is C26H20N2O3. The van der Waals surface area contributed by atoms with E-state index >= 15 is 0 Å². The van der Waals surface area contributed by atoms with Crippen LogP contribution in [0, 0.1) is 0 Å². The molecule has 5 nitrogen and oxygen atoms in total. The van der Waals surface area contributed by atoms with Gasteiger partial charge in [-0.1, -0.05) is 42.5 Å². The maximum Gasteiger partial charge on any atom is 0.259 e. The largest absolute Gasteiger partial charge is 0.457 e. The molecule has 1 unspecified atom stereocenters. The maximum absolute atomic E-state index is 13.0. The zero-order valence-corrected chi connectivity index (χ0v) is 16.9. The molecule has 0 saturated heterocycles. The van der Waals surface area contributed by atoms with Gasteiger partial charge < -0.3 is 10.1 Å². The fourth-order valence-corrected chi connectivity index (χ4v) is 3.92. The standard InChI is InChI=1S/C26H20N2O3/c1-17(28-23-12-6-8-18-7-5-11-22(24(18)23)26(28)30)25(29)27-19-13-15-21(16-14-19)31-20-9-3-2-4-10-20/h2-17H,1H3,(H,27,29). The normalized spacial score (nSPS) is 13.3. The summed E-state index contributed by atoms with van der Waals surface area (Å²) in [5.41, 5.74) is 2.04. The summed E-state index contributed by atoms with van der Waals surface area (Å²) in [5, 5.41) is 4.79. The van der Waals surface area contributed by atoms with Gasteiger partial charge in [-0.3, -0.25) is 14.5 Å². The first-order valence-corrected chi connectivity index (χ1v) is 10.1. The lowest BCUT2D eigenvalue weighted by Crippen LogP contribution is -2.44. The number of para-hydroxylation sites is 1. The van der Waals surface area contributed by atoms with E-state index in [1.165, 1.54) is 0 Å². The minimum atomic E-state index is -0.661. The fourth-order valence-electron chi connectivity index (χ4n) is 3.92. The van der Waals surface area contributed by atoms with Crippen molar-refractivity contribution in [2.75, 3.05) is 10.2 Å². The van der Waals surface area contributed by atoms with Crippen molar-refractivity contribution >= 4 is 34.0 Å². The van der Waals surface area contributed by atoms with Crippen molar-refractivity contribution in [3.05, 3.63) is 96.6 Å². The lowest BCUT2D eigenvalue weighted by Gasteiger charge is -2.24. The van der Waals surface area contributed by atoms with Gasteiger partial charge in [-0.2, -0.15) is 0 Å². The Morgan fingerprint density at radius 2 is 1.52 bits per heavy atom. The van der Waals surface area contributed by atoms with E-state index in [1.807, 2.05) is 66.7 Å². The van der Waals surface area contributed by atoms with Crippen LogP contribution in [0.15, 0.2) is 91.0 Å². The summed E-state index contributed by atoms with van der Waals surface area (Å²) < 4.78 is 5.78. The summed E-state index contributed by atoms with van der Waals surface area (Å²) in [5.74, 6) is 1.01. The van der Waals surface area contributed by atoms with Gasteiger partial charge in [-0.05, 0) is 60.8 Å². The number of amides is 2. The summed E-state index contributed by atoms with van der Waals surface area (Å²) in [6.07, 6.45) is 0. The predicted molar refractivity (Wildman–Crippen MR) is 122 cm³/mol. The number of nitrogens with one attached hydrogen (secondary N) is 1. The second-order valence-electron chi connectivity index (χ2n) is 7.46. The first-order valence-electron chi connectivity index (χ1n) is 10.1. The van der Waals surface area contributed by atoms with Crippen molar-refractivity contribution in [2.24, 2.45) is 0 Å². The number of anilines is 2. The van der Waals surface area contributed by atoms with E-state index < -0.39 is 6.04 Å². The van der Waals surface area contributed by atoms with Crippen molar-refractivity contribution in [3.8, 4) is 11.5 Å². The molecule has 0 saturated carbocycles. The quantitative estimate of drug-likeness (QED) is 0.466. The van der Waals surface area contributed by atoms with E-state index in [1.54, 1.807) is 36.1 Å². The molecule has 0 aliphatic carbocycles. The number of nitrogens with zero attached hydrogens (tertiary/aromatic N) is 1. The number of benzene rings is 4. The van der Waals surface area contributed by atoms with E-state index in [4.69, 9.17) is 4.74 Å². The number of hydrogen-bond acceptors (Lipinski definition) is 3. The summed E-state index contributed by atoms with van der Waals surface area (Å²) in [6, 6.07) is 27.4. The molecule has 1 heterocycles. The predicted octanol–water partition coefficient (Wildman–Crippen LogP) is 5.62. The van der Waals surface area contributed by atoms with Crippen molar-refractivity contribution in [1.29, 1.82) is 0 Å². The number of carbonyl (C=O) groups is 2. The molecule has 1 atom stereocenters. The van der Waals surface area contributed by atoms with Crippen molar-refractivity contribution in [2.45, 2.75) is 13.0 Å². The van der Waals surface area contributed by atoms with Gasteiger partial charge in [-0.25, -0.2) is 0 Å². The first kappa shape index (κ1) is 18.9. The van der Waals surface area contributed by atoms with E-state index in [0.717, 1.165) is 22.2 Å². The third kappa shape index (κ3) is 3.40. The average molecular weight is 408 g/mol. The second kappa shape index (κ2) is 7.61. The molecule has 0 fully saturated rings. The highest BCUT2D eigenvalue weighted by Gasteiger charge is 2.35. The van der Waals surface area contributed by atoms with Gasteiger partial charge in [0.1, 0.15) is 17.5 Å². The molecule has 1 aliphatic rings. The van der Waals surface area contributed by atoms with Crippen LogP contribution in [-0.2, 0) is 4.79 Å². The Morgan fingerprint density at radius 1 is 0.839 bits per heavy atom. The summed E-state index contributed by atoms with van der Waals surface area (Å²) in [6.45, 7) is 1.74. The Kier molecular flexibility index (Phi) is 4.64. The van der Waals surface area contributed by atoms with Crippen molar-refractivity contribution in [3.63, 3.8) is 0 Å². The Hall–Kier alpha value is -4.12. The minimum absolute atomic E-state index is 0.152. The number of hydrogen-bond donors (Lipinski definition) is 1. The van der Waals surface area contributed by atoms with Gasteiger partial charge in [0.05, 0.1) is 5.69 Å². The monoisotopic (exact) mass is 408 g/mol. The Labute approximate surface area is 179 Å². The summed E-state index contributed by atoms with van der Waals surface area (Å²) in [7, 11) is 0. The molecule has 2 amide bonds. The van der Waals surface area contributed by atoms with Gasteiger partial charge in [-0.15, -0.1) is 0 Å². The van der Waals surface area contributed by atoms with Crippen LogP contribution in [0.1, 0.15) is 17.3 Å². The topological polar surface area (TPSA) is 58.6 Å². The third-order valence-electron chi connectivity index (χ3n) is 5.46. The lowest BCUT2D eigenvalue weighted by molar-refractivity contribution is -0.117. The number of carbonyl (C=O) groups excluding carboxylic acids is 2. The third-order valence-corrected chi connectivity index (χ3v) is 5.46. The van der Waals surface area contributed by atoms with E-state index in [0.29, 0.717) is 17.0 Å². The zero-order chi connectivity index (χ0) is 21.4. The molecule has 0 aromatic heterocycles. The van der Waals surface area contributed by atoms with Crippen molar-refractivity contribution in [1.82, 2.24) is 0 Å². The summed E-state index contributed by atoms with van der Waals surface area (Å²) >= 11 is 0. The van der Waals surface area contributed by atoms with Crippen LogP contribution in [0.25, 0.3) is 10.8 Å². The molecule has 31 heavy (non-hydrogen) atoms. The van der Waals surface area contributed by atoms with Crippen LogP contribution in [0.2, 0.25) is 0 Å². The van der Waals surface area contributed by atoms with E-state index in [2.05, 4.69) is 5.32 Å². The Bertz CT molecular complexity index is 1280. The summed E-state index contributed by atoms with van der Waals surface area (Å²) in [4.78, 5) is 27.5. The van der Waals surface area contributed by atoms with Crippen LogP contribution < -0.4 is 15.0 Å². The highest BCUT2D eigenvalue weighted by atomic mass is 16.5. The van der Waals surface area contributed by atoms with Crippen LogP contribution in [-0.4, -0.2) is 17.9 Å². The minimum Gasteiger partial charge on any atom is -0.457 e. The Morgan fingerprint density at radius 3 is 2.26 bits per heavy atom. The van der Waals surface area contributed by atoms with Crippen LogP contribution in [0.3, 0.4) is 0 Å².